The molecule has 1 N–H and O–H groups in total. The predicted molar refractivity (Wildman–Crippen MR) is 127 cm³/mol. The Kier molecular flexibility index (Phi) is 6.83. The fourth-order valence-electron chi connectivity index (χ4n) is 2.94. The number of hydrogen-bond donors (Lipinski definition) is 1. The summed E-state index contributed by atoms with van der Waals surface area (Å²) in [6, 6.07) is 14.5. The normalized spacial score (nSPS) is 10.9. The SMILES string of the molecule is Cc1cc(OCn2ccc(C(=O)Nc3nn(Cc4ccccc4Cl)cc3Br)n2)ccc1Cl. The zero-order valence-corrected chi connectivity index (χ0v) is 20.0. The first kappa shape index (κ1) is 22.4. The molecule has 0 unspecified atom stereocenters. The maximum atomic E-state index is 12.6. The second kappa shape index (κ2) is 9.77. The van der Waals surface area contributed by atoms with Crippen LogP contribution in [0.2, 0.25) is 10.0 Å². The van der Waals surface area contributed by atoms with Crippen LogP contribution in [0.15, 0.2) is 65.4 Å². The van der Waals surface area contributed by atoms with Crippen LogP contribution < -0.4 is 10.1 Å². The molecular formula is C22H18BrCl2N5O2. The van der Waals surface area contributed by atoms with Gasteiger partial charge in [-0.2, -0.15) is 10.2 Å². The van der Waals surface area contributed by atoms with Crippen molar-refractivity contribution in [2.75, 3.05) is 5.32 Å². The average molecular weight is 535 g/mol. The predicted octanol–water partition coefficient (Wildman–Crippen LogP) is 5.79. The third-order valence-electron chi connectivity index (χ3n) is 4.61. The number of nitrogens with one attached hydrogen (secondary N) is 1. The van der Waals surface area contributed by atoms with Crippen LogP contribution in [-0.4, -0.2) is 25.5 Å². The van der Waals surface area contributed by atoms with Crippen molar-refractivity contribution in [1.82, 2.24) is 19.6 Å². The van der Waals surface area contributed by atoms with Crippen LogP contribution in [-0.2, 0) is 13.3 Å². The second-order valence-corrected chi connectivity index (χ2v) is 8.66. The van der Waals surface area contributed by atoms with Crippen molar-refractivity contribution in [2.45, 2.75) is 20.2 Å². The summed E-state index contributed by atoms with van der Waals surface area (Å²) in [4.78, 5) is 12.6. The fraction of sp³-hybridized carbons (Fsp3) is 0.136. The number of ether oxygens (including phenoxy) is 1. The van der Waals surface area contributed by atoms with E-state index in [4.69, 9.17) is 27.9 Å². The number of amides is 1. The highest BCUT2D eigenvalue weighted by Gasteiger charge is 2.15. The summed E-state index contributed by atoms with van der Waals surface area (Å²) in [5, 5.41) is 12.8. The average Bonchev–Trinajstić information content (AvgIpc) is 3.37. The highest BCUT2D eigenvalue weighted by Crippen LogP contribution is 2.23. The van der Waals surface area contributed by atoms with Gasteiger partial charge < -0.3 is 10.1 Å². The Morgan fingerprint density at radius 3 is 2.69 bits per heavy atom. The molecule has 0 aliphatic rings. The summed E-state index contributed by atoms with van der Waals surface area (Å²) in [6.45, 7) is 2.54. The summed E-state index contributed by atoms with van der Waals surface area (Å²) in [6.07, 6.45) is 3.45. The van der Waals surface area contributed by atoms with Gasteiger partial charge in [0.1, 0.15) is 5.75 Å². The van der Waals surface area contributed by atoms with Gasteiger partial charge in [-0.15, -0.1) is 0 Å². The summed E-state index contributed by atoms with van der Waals surface area (Å²) in [5.74, 6) is 0.681. The minimum absolute atomic E-state index is 0.157. The first-order chi connectivity index (χ1) is 15.4. The molecule has 4 rings (SSSR count). The second-order valence-electron chi connectivity index (χ2n) is 6.99. The van der Waals surface area contributed by atoms with Crippen molar-refractivity contribution in [3.63, 3.8) is 0 Å². The largest absolute Gasteiger partial charge is 0.471 e. The third kappa shape index (κ3) is 5.32. The molecule has 164 valence electrons. The maximum Gasteiger partial charge on any atom is 0.277 e. The van der Waals surface area contributed by atoms with E-state index in [1.165, 1.54) is 4.68 Å². The number of carbonyl (C=O) groups is 1. The van der Waals surface area contributed by atoms with Crippen molar-refractivity contribution in [1.29, 1.82) is 0 Å². The van der Waals surface area contributed by atoms with Gasteiger partial charge in [0.2, 0.25) is 0 Å². The Bertz CT molecular complexity index is 1270. The maximum absolute atomic E-state index is 12.6. The first-order valence-corrected chi connectivity index (χ1v) is 11.1. The number of rotatable bonds is 7. The van der Waals surface area contributed by atoms with Gasteiger partial charge in [0.05, 0.1) is 11.0 Å². The quantitative estimate of drug-likeness (QED) is 0.325. The number of halogens is 3. The molecule has 32 heavy (non-hydrogen) atoms. The molecule has 0 spiro atoms. The van der Waals surface area contributed by atoms with E-state index in [1.807, 2.05) is 37.3 Å². The van der Waals surface area contributed by atoms with Crippen molar-refractivity contribution < 1.29 is 9.53 Å². The lowest BCUT2D eigenvalue weighted by atomic mass is 10.2. The van der Waals surface area contributed by atoms with E-state index < -0.39 is 0 Å². The van der Waals surface area contributed by atoms with Gasteiger partial charge in [-0.3, -0.25) is 9.48 Å². The first-order valence-electron chi connectivity index (χ1n) is 9.59. The number of benzene rings is 2. The van der Waals surface area contributed by atoms with Crippen molar-refractivity contribution in [3.8, 4) is 5.75 Å². The standard InChI is InChI=1S/C22H18BrCl2N5O2/c1-14-10-16(6-7-18(14)24)32-13-29-9-8-20(27-29)22(31)26-21-17(23)12-30(28-21)11-15-4-2-3-5-19(15)25/h2-10,12H,11,13H2,1H3,(H,26,28,31). The molecule has 2 heterocycles. The Balaban J connectivity index is 1.38. The van der Waals surface area contributed by atoms with Crippen LogP contribution >= 0.6 is 39.1 Å². The number of aromatic nitrogens is 4. The summed E-state index contributed by atoms with van der Waals surface area (Å²) < 4.78 is 9.58. The Morgan fingerprint density at radius 1 is 1.09 bits per heavy atom. The number of anilines is 1. The Morgan fingerprint density at radius 2 is 1.91 bits per heavy atom. The summed E-state index contributed by atoms with van der Waals surface area (Å²) in [5.41, 5.74) is 2.09. The van der Waals surface area contributed by atoms with Crippen molar-refractivity contribution in [3.05, 3.63) is 92.3 Å². The molecule has 0 atom stereocenters. The van der Waals surface area contributed by atoms with Gasteiger partial charge in [0.15, 0.2) is 18.2 Å². The lowest BCUT2D eigenvalue weighted by Crippen LogP contribution is -2.15. The topological polar surface area (TPSA) is 74.0 Å². The highest BCUT2D eigenvalue weighted by molar-refractivity contribution is 9.10. The molecule has 2 aromatic heterocycles. The molecule has 7 nitrogen and oxygen atoms in total. The van der Waals surface area contributed by atoms with Crippen molar-refractivity contribution in [2.24, 2.45) is 0 Å². The molecule has 1 amide bonds. The lowest BCUT2D eigenvalue weighted by Gasteiger charge is -2.07. The summed E-state index contributed by atoms with van der Waals surface area (Å²) >= 11 is 15.7. The third-order valence-corrected chi connectivity index (χ3v) is 5.98. The van der Waals surface area contributed by atoms with Gasteiger partial charge in [-0.25, -0.2) is 4.68 Å². The van der Waals surface area contributed by atoms with Crippen LogP contribution in [0.1, 0.15) is 21.6 Å². The Labute approximate surface area is 203 Å². The molecular weight excluding hydrogens is 517 g/mol. The molecule has 0 saturated heterocycles. The van der Waals surface area contributed by atoms with Crippen molar-refractivity contribution >= 4 is 50.9 Å². The summed E-state index contributed by atoms with van der Waals surface area (Å²) in [7, 11) is 0. The van der Waals surface area contributed by atoms with E-state index >= 15 is 0 Å². The number of hydrogen-bond acceptors (Lipinski definition) is 4. The van der Waals surface area contributed by atoms with Gasteiger partial charge in [0, 0.05) is 22.4 Å². The Hall–Kier alpha value is -2.81. The number of carbonyl (C=O) groups excluding carboxylic acids is 1. The van der Waals surface area contributed by atoms with Crippen LogP contribution in [0.4, 0.5) is 5.82 Å². The molecule has 0 radical (unpaired) electrons. The van der Waals surface area contributed by atoms with E-state index in [0.717, 1.165) is 11.1 Å². The lowest BCUT2D eigenvalue weighted by molar-refractivity contribution is 0.101. The van der Waals surface area contributed by atoms with Gasteiger partial charge in [0.25, 0.3) is 5.91 Å². The molecule has 4 aromatic rings. The minimum atomic E-state index is -0.380. The monoisotopic (exact) mass is 533 g/mol. The van der Waals surface area contributed by atoms with E-state index in [2.05, 4.69) is 31.4 Å². The molecule has 10 heteroatoms. The molecule has 0 aliphatic carbocycles. The molecule has 0 bridgehead atoms. The zero-order chi connectivity index (χ0) is 22.7. The minimum Gasteiger partial charge on any atom is -0.471 e. The zero-order valence-electron chi connectivity index (χ0n) is 16.9. The number of aryl methyl sites for hydroxylation is 1. The molecule has 0 aliphatic heterocycles. The van der Waals surface area contributed by atoms with Gasteiger partial charge >= 0.3 is 0 Å². The van der Waals surface area contributed by atoms with Crippen LogP contribution in [0.25, 0.3) is 0 Å². The van der Waals surface area contributed by atoms with E-state index in [-0.39, 0.29) is 18.3 Å². The fourth-order valence-corrected chi connectivity index (χ4v) is 3.67. The van der Waals surface area contributed by atoms with Gasteiger partial charge in [-0.1, -0.05) is 41.4 Å². The van der Waals surface area contributed by atoms with E-state index in [0.29, 0.717) is 32.6 Å². The van der Waals surface area contributed by atoms with Crippen LogP contribution in [0.5, 0.6) is 5.75 Å². The van der Waals surface area contributed by atoms with E-state index in [1.54, 1.807) is 35.3 Å². The highest BCUT2D eigenvalue weighted by atomic mass is 79.9. The van der Waals surface area contributed by atoms with Crippen LogP contribution in [0, 0.1) is 6.92 Å². The van der Waals surface area contributed by atoms with E-state index in [9.17, 15) is 4.79 Å². The smallest absolute Gasteiger partial charge is 0.277 e. The van der Waals surface area contributed by atoms with Crippen LogP contribution in [0.3, 0.4) is 0 Å². The number of nitrogens with zero attached hydrogens (tertiary/aromatic N) is 4. The molecule has 0 fully saturated rings. The van der Waals surface area contributed by atoms with Gasteiger partial charge in [-0.05, 0) is 64.3 Å². The molecule has 0 saturated carbocycles. The molecule has 2 aromatic carbocycles.